The number of rotatable bonds is 5. The third-order valence-corrected chi connectivity index (χ3v) is 7.59. The minimum atomic E-state index is -1.23. The Morgan fingerprint density at radius 2 is 1.72 bits per heavy atom. The summed E-state index contributed by atoms with van der Waals surface area (Å²) >= 11 is 6.76. The van der Waals surface area contributed by atoms with Gasteiger partial charge in [0, 0.05) is 29.2 Å². The zero-order valence-electron chi connectivity index (χ0n) is 23.0. The van der Waals surface area contributed by atoms with E-state index in [4.69, 9.17) is 25.8 Å². The van der Waals surface area contributed by atoms with Crippen LogP contribution >= 0.6 is 11.6 Å². The average molecular weight is 550 g/mol. The van der Waals surface area contributed by atoms with Crippen molar-refractivity contribution in [2.45, 2.75) is 66.3 Å². The van der Waals surface area contributed by atoms with Gasteiger partial charge in [0.2, 0.25) is 6.79 Å². The average Bonchev–Trinajstić information content (AvgIpc) is 3.52. The maximum absolute atomic E-state index is 13.7. The van der Waals surface area contributed by atoms with Crippen LogP contribution in [0.4, 0.5) is 0 Å². The minimum Gasteiger partial charge on any atom is -0.479 e. The SMILES string of the molecule is Cc1ccc(-c2c(C)c3c(c(C)c2[C@H](OC(C)(C)C)C(=O)O)CN(C(=O)c2cccc4c2OCO4)C3)c(Cl)c1. The molecule has 0 saturated carbocycles. The van der Waals surface area contributed by atoms with Crippen molar-refractivity contribution in [1.29, 1.82) is 0 Å². The first kappa shape index (κ1) is 27.0. The maximum Gasteiger partial charge on any atom is 0.337 e. The van der Waals surface area contributed by atoms with E-state index < -0.39 is 17.7 Å². The highest BCUT2D eigenvalue weighted by atomic mass is 35.5. The predicted octanol–water partition coefficient (Wildman–Crippen LogP) is 6.76. The second-order valence-electron chi connectivity index (χ2n) is 11.1. The largest absolute Gasteiger partial charge is 0.479 e. The van der Waals surface area contributed by atoms with E-state index >= 15 is 0 Å². The van der Waals surface area contributed by atoms with Gasteiger partial charge in [0.05, 0.1) is 11.2 Å². The van der Waals surface area contributed by atoms with Gasteiger partial charge in [-0.05, 0) is 93.1 Å². The first-order valence-corrected chi connectivity index (χ1v) is 13.2. The summed E-state index contributed by atoms with van der Waals surface area (Å²) < 4.78 is 17.2. The number of hydrogen-bond donors (Lipinski definition) is 1. The Labute approximate surface area is 233 Å². The molecule has 0 aliphatic carbocycles. The lowest BCUT2D eigenvalue weighted by molar-refractivity contribution is -0.160. The molecule has 3 aromatic rings. The number of carboxylic acids is 1. The zero-order chi connectivity index (χ0) is 28.2. The summed E-state index contributed by atoms with van der Waals surface area (Å²) in [4.78, 5) is 28.1. The monoisotopic (exact) mass is 549 g/mol. The van der Waals surface area contributed by atoms with Gasteiger partial charge >= 0.3 is 5.97 Å². The Morgan fingerprint density at radius 1 is 1.03 bits per heavy atom. The fraction of sp³-hybridized carbons (Fsp3) is 0.355. The Bertz CT molecular complexity index is 1510. The van der Waals surface area contributed by atoms with Gasteiger partial charge in [-0.1, -0.05) is 29.8 Å². The van der Waals surface area contributed by atoms with Crippen molar-refractivity contribution in [3.63, 3.8) is 0 Å². The summed E-state index contributed by atoms with van der Waals surface area (Å²) in [7, 11) is 0. The van der Waals surface area contributed by atoms with E-state index in [0.717, 1.165) is 38.9 Å². The number of aliphatic carboxylic acids is 1. The van der Waals surface area contributed by atoms with Gasteiger partial charge in [-0.2, -0.15) is 0 Å². The molecule has 0 bridgehead atoms. The molecule has 7 nitrogen and oxygen atoms in total. The number of aryl methyl sites for hydroxylation is 1. The molecule has 1 N–H and O–H groups in total. The van der Waals surface area contributed by atoms with Crippen LogP contribution in [0.5, 0.6) is 11.5 Å². The molecule has 2 aliphatic heterocycles. The van der Waals surface area contributed by atoms with E-state index in [2.05, 4.69) is 0 Å². The highest BCUT2D eigenvalue weighted by Crippen LogP contribution is 2.46. The molecule has 0 fully saturated rings. The van der Waals surface area contributed by atoms with E-state index in [1.807, 2.05) is 59.7 Å². The Hall–Kier alpha value is -3.55. The predicted molar refractivity (Wildman–Crippen MR) is 148 cm³/mol. The van der Waals surface area contributed by atoms with Gasteiger partial charge in [0.1, 0.15) is 0 Å². The number of carbonyl (C=O) groups excluding carboxylic acids is 1. The van der Waals surface area contributed by atoms with Crippen LogP contribution in [0, 0.1) is 20.8 Å². The highest BCUT2D eigenvalue weighted by molar-refractivity contribution is 6.33. The van der Waals surface area contributed by atoms with Crippen molar-refractivity contribution >= 4 is 23.5 Å². The molecule has 204 valence electrons. The van der Waals surface area contributed by atoms with Crippen LogP contribution in [0.15, 0.2) is 36.4 Å². The molecule has 1 amide bonds. The third kappa shape index (κ3) is 4.85. The van der Waals surface area contributed by atoms with E-state index in [1.165, 1.54) is 0 Å². The second kappa shape index (κ2) is 9.88. The molecular weight excluding hydrogens is 518 g/mol. The van der Waals surface area contributed by atoms with Gasteiger partial charge < -0.3 is 24.2 Å². The molecule has 0 aromatic heterocycles. The smallest absolute Gasteiger partial charge is 0.337 e. The Kier molecular flexibility index (Phi) is 6.85. The second-order valence-corrected chi connectivity index (χ2v) is 11.5. The van der Waals surface area contributed by atoms with E-state index in [9.17, 15) is 14.7 Å². The van der Waals surface area contributed by atoms with Crippen molar-refractivity contribution in [3.05, 3.63) is 80.4 Å². The lowest BCUT2D eigenvalue weighted by Gasteiger charge is -2.30. The molecule has 0 radical (unpaired) electrons. The highest BCUT2D eigenvalue weighted by Gasteiger charge is 2.37. The first-order valence-electron chi connectivity index (χ1n) is 12.9. The van der Waals surface area contributed by atoms with Gasteiger partial charge in [0.25, 0.3) is 5.91 Å². The quantitative estimate of drug-likeness (QED) is 0.378. The molecule has 0 spiro atoms. The number of fused-ring (bicyclic) bond motifs is 2. The molecule has 1 atom stereocenters. The minimum absolute atomic E-state index is 0.0758. The number of carbonyl (C=O) groups is 2. The first-order chi connectivity index (χ1) is 18.4. The van der Waals surface area contributed by atoms with Crippen LogP contribution in [0.25, 0.3) is 11.1 Å². The molecule has 5 rings (SSSR count). The van der Waals surface area contributed by atoms with Crippen molar-refractivity contribution in [2.24, 2.45) is 0 Å². The van der Waals surface area contributed by atoms with E-state index in [0.29, 0.717) is 40.7 Å². The summed E-state index contributed by atoms with van der Waals surface area (Å²) in [5, 5.41) is 10.9. The lowest BCUT2D eigenvalue weighted by atomic mass is 9.83. The van der Waals surface area contributed by atoms with Crippen LogP contribution < -0.4 is 9.47 Å². The molecule has 2 heterocycles. The fourth-order valence-electron chi connectivity index (χ4n) is 5.52. The summed E-state index contributed by atoms with van der Waals surface area (Å²) in [6.45, 7) is 12.1. The van der Waals surface area contributed by atoms with E-state index in [1.54, 1.807) is 23.1 Å². The summed E-state index contributed by atoms with van der Waals surface area (Å²) in [5.74, 6) is -0.263. The van der Waals surface area contributed by atoms with Gasteiger partial charge in [-0.15, -0.1) is 0 Å². The molecule has 3 aromatic carbocycles. The van der Waals surface area contributed by atoms with Crippen LogP contribution in [-0.2, 0) is 22.6 Å². The zero-order valence-corrected chi connectivity index (χ0v) is 23.7. The number of ether oxygens (including phenoxy) is 3. The number of amides is 1. The van der Waals surface area contributed by atoms with Crippen molar-refractivity contribution in [1.82, 2.24) is 4.90 Å². The topological polar surface area (TPSA) is 85.3 Å². The third-order valence-electron chi connectivity index (χ3n) is 7.28. The number of nitrogens with zero attached hydrogens (tertiary/aromatic N) is 1. The van der Waals surface area contributed by atoms with Crippen molar-refractivity contribution in [2.75, 3.05) is 6.79 Å². The Balaban J connectivity index is 1.67. The molecule has 8 heteroatoms. The number of hydrogen-bond acceptors (Lipinski definition) is 5. The van der Waals surface area contributed by atoms with Crippen LogP contribution in [0.3, 0.4) is 0 Å². The van der Waals surface area contributed by atoms with Crippen LogP contribution in [0.1, 0.15) is 70.6 Å². The van der Waals surface area contributed by atoms with Gasteiger partial charge in [-0.25, -0.2) is 4.79 Å². The molecule has 0 saturated heterocycles. The standard InChI is InChI=1S/C31H32ClNO6/c1-16-10-11-19(23(32)12-16)25-17(2)21-13-33(29(34)20-8-7-9-24-27(20)38-15-37-24)14-22(21)18(3)26(25)28(30(35)36)39-31(4,5)6/h7-12,28H,13-15H2,1-6H3,(H,35,36)/t28-/m0/s1. The normalized spacial score (nSPS) is 14.9. The summed E-state index contributed by atoms with van der Waals surface area (Å²) in [5.41, 5.74) is 6.34. The summed E-state index contributed by atoms with van der Waals surface area (Å²) in [6, 6.07) is 11.0. The van der Waals surface area contributed by atoms with E-state index in [-0.39, 0.29) is 12.7 Å². The van der Waals surface area contributed by atoms with Gasteiger partial charge in [0.15, 0.2) is 17.6 Å². The molecule has 39 heavy (non-hydrogen) atoms. The number of halogens is 1. The van der Waals surface area contributed by atoms with Crippen molar-refractivity contribution in [3.8, 4) is 22.6 Å². The summed E-state index contributed by atoms with van der Waals surface area (Å²) in [6.07, 6.45) is -1.23. The van der Waals surface area contributed by atoms with Crippen molar-refractivity contribution < 1.29 is 28.9 Å². The Morgan fingerprint density at radius 3 is 2.36 bits per heavy atom. The number of carboxylic acid groups (broad SMARTS) is 1. The molecule has 0 unspecified atom stereocenters. The maximum atomic E-state index is 13.7. The molecular formula is C31H32ClNO6. The van der Waals surface area contributed by atoms with Crippen LogP contribution in [0.2, 0.25) is 5.02 Å². The number of benzene rings is 3. The van der Waals surface area contributed by atoms with Crippen LogP contribution in [-0.4, -0.2) is 34.3 Å². The lowest BCUT2D eigenvalue weighted by Crippen LogP contribution is -2.28. The fourth-order valence-corrected chi connectivity index (χ4v) is 5.85. The molecule has 2 aliphatic rings. The number of para-hydroxylation sites is 1. The van der Waals surface area contributed by atoms with Gasteiger partial charge in [-0.3, -0.25) is 4.79 Å².